The molecule has 2 rings (SSSR count). The third-order valence-electron chi connectivity index (χ3n) is 5.00. The standard InChI is InChI=1S/C18H24FNO3/c1-18(2,13-5-3-4-6-13)17(23)20-11-15(16(21)22)12-7-9-14(19)10-8-12/h7-10,13,15H,3-6,11H2,1-2H3,(H,20,23)(H,21,22). The molecule has 1 atom stereocenters. The van der Waals surface area contributed by atoms with Crippen molar-refractivity contribution in [2.75, 3.05) is 6.54 Å². The molecule has 0 spiro atoms. The van der Waals surface area contributed by atoms with E-state index in [4.69, 9.17) is 0 Å². The third kappa shape index (κ3) is 4.09. The number of amides is 1. The van der Waals surface area contributed by atoms with Crippen LogP contribution in [0, 0.1) is 17.2 Å². The van der Waals surface area contributed by atoms with Crippen LogP contribution < -0.4 is 5.32 Å². The van der Waals surface area contributed by atoms with Gasteiger partial charge in [-0.15, -0.1) is 0 Å². The van der Waals surface area contributed by atoms with Crippen molar-refractivity contribution < 1.29 is 19.1 Å². The van der Waals surface area contributed by atoms with Gasteiger partial charge in [0.1, 0.15) is 5.82 Å². The molecule has 1 fully saturated rings. The summed E-state index contributed by atoms with van der Waals surface area (Å²) in [5.41, 5.74) is -0.0135. The molecule has 1 aromatic rings. The lowest BCUT2D eigenvalue weighted by atomic mass is 9.77. The van der Waals surface area contributed by atoms with Crippen molar-refractivity contribution in [3.63, 3.8) is 0 Å². The average Bonchev–Trinajstić information content (AvgIpc) is 3.03. The summed E-state index contributed by atoms with van der Waals surface area (Å²) < 4.78 is 13.0. The first kappa shape index (κ1) is 17.4. The fourth-order valence-electron chi connectivity index (χ4n) is 3.30. The van der Waals surface area contributed by atoms with Gasteiger partial charge >= 0.3 is 5.97 Å². The summed E-state index contributed by atoms with van der Waals surface area (Å²) >= 11 is 0. The Morgan fingerprint density at radius 2 is 1.83 bits per heavy atom. The number of carbonyl (C=O) groups is 2. The van der Waals surface area contributed by atoms with Crippen LogP contribution in [-0.4, -0.2) is 23.5 Å². The van der Waals surface area contributed by atoms with Crippen LogP contribution in [0.3, 0.4) is 0 Å². The molecule has 4 nitrogen and oxygen atoms in total. The average molecular weight is 321 g/mol. The van der Waals surface area contributed by atoms with Crippen molar-refractivity contribution in [2.24, 2.45) is 11.3 Å². The van der Waals surface area contributed by atoms with Gasteiger partial charge in [-0.1, -0.05) is 38.8 Å². The quantitative estimate of drug-likeness (QED) is 0.844. The maximum absolute atomic E-state index is 13.0. The molecule has 1 amide bonds. The number of halogens is 1. The fraction of sp³-hybridized carbons (Fsp3) is 0.556. The van der Waals surface area contributed by atoms with Gasteiger partial charge in [-0.2, -0.15) is 0 Å². The Hall–Kier alpha value is -1.91. The molecular weight excluding hydrogens is 297 g/mol. The number of benzene rings is 1. The zero-order chi connectivity index (χ0) is 17.0. The topological polar surface area (TPSA) is 66.4 Å². The molecule has 1 aliphatic carbocycles. The fourth-order valence-corrected chi connectivity index (χ4v) is 3.30. The van der Waals surface area contributed by atoms with E-state index >= 15 is 0 Å². The van der Waals surface area contributed by atoms with Crippen molar-refractivity contribution in [1.82, 2.24) is 5.32 Å². The first-order chi connectivity index (χ1) is 10.8. The first-order valence-electron chi connectivity index (χ1n) is 8.09. The molecule has 1 aromatic carbocycles. The van der Waals surface area contributed by atoms with Crippen LogP contribution in [0.2, 0.25) is 0 Å². The SMILES string of the molecule is CC(C)(C(=O)NCC(C(=O)O)c1ccc(F)cc1)C1CCCC1. The molecule has 0 heterocycles. The van der Waals surface area contributed by atoms with Crippen LogP contribution in [0.25, 0.3) is 0 Å². The van der Waals surface area contributed by atoms with Crippen molar-refractivity contribution in [3.8, 4) is 0 Å². The van der Waals surface area contributed by atoms with Crippen LogP contribution in [0.4, 0.5) is 4.39 Å². The maximum Gasteiger partial charge on any atom is 0.312 e. The molecule has 1 saturated carbocycles. The molecule has 0 aliphatic heterocycles. The van der Waals surface area contributed by atoms with Gasteiger partial charge in [-0.25, -0.2) is 4.39 Å². The Labute approximate surface area is 136 Å². The monoisotopic (exact) mass is 321 g/mol. The van der Waals surface area contributed by atoms with Crippen molar-refractivity contribution >= 4 is 11.9 Å². The van der Waals surface area contributed by atoms with Crippen molar-refractivity contribution in [1.29, 1.82) is 0 Å². The zero-order valence-electron chi connectivity index (χ0n) is 13.6. The van der Waals surface area contributed by atoms with Gasteiger partial charge in [-0.3, -0.25) is 9.59 Å². The summed E-state index contributed by atoms with van der Waals surface area (Å²) in [5, 5.41) is 12.2. The molecule has 1 aliphatic rings. The van der Waals surface area contributed by atoms with E-state index in [1.165, 1.54) is 24.3 Å². The summed E-state index contributed by atoms with van der Waals surface area (Å²) in [6.07, 6.45) is 4.38. The highest BCUT2D eigenvalue weighted by Gasteiger charge is 2.38. The molecule has 1 unspecified atom stereocenters. The molecule has 2 N–H and O–H groups in total. The third-order valence-corrected chi connectivity index (χ3v) is 5.00. The smallest absolute Gasteiger partial charge is 0.312 e. The van der Waals surface area contributed by atoms with Gasteiger partial charge in [-0.05, 0) is 36.5 Å². The van der Waals surface area contributed by atoms with Gasteiger partial charge < -0.3 is 10.4 Å². The number of rotatable bonds is 6. The molecule has 5 heteroatoms. The summed E-state index contributed by atoms with van der Waals surface area (Å²) in [6, 6.07) is 5.36. The molecule has 0 radical (unpaired) electrons. The second-order valence-corrected chi connectivity index (χ2v) is 6.86. The van der Waals surface area contributed by atoms with Gasteiger partial charge in [0.15, 0.2) is 0 Å². The number of carboxylic acid groups (broad SMARTS) is 1. The van der Waals surface area contributed by atoms with E-state index in [2.05, 4.69) is 5.32 Å². The Bertz CT molecular complexity index is 562. The minimum atomic E-state index is -1.03. The largest absolute Gasteiger partial charge is 0.481 e. The highest BCUT2D eigenvalue weighted by atomic mass is 19.1. The Morgan fingerprint density at radius 1 is 1.26 bits per heavy atom. The Morgan fingerprint density at radius 3 is 2.35 bits per heavy atom. The van der Waals surface area contributed by atoms with Crippen LogP contribution in [0.15, 0.2) is 24.3 Å². The maximum atomic E-state index is 13.0. The zero-order valence-corrected chi connectivity index (χ0v) is 13.6. The minimum Gasteiger partial charge on any atom is -0.481 e. The number of hydrogen-bond donors (Lipinski definition) is 2. The van der Waals surface area contributed by atoms with E-state index in [-0.39, 0.29) is 12.5 Å². The predicted molar refractivity (Wildman–Crippen MR) is 85.5 cm³/mol. The lowest BCUT2D eigenvalue weighted by molar-refractivity contribution is -0.139. The van der Waals surface area contributed by atoms with Crippen LogP contribution in [-0.2, 0) is 9.59 Å². The molecule has 126 valence electrons. The normalized spacial score (nSPS) is 17.0. The van der Waals surface area contributed by atoms with Gasteiger partial charge in [0.2, 0.25) is 5.91 Å². The van der Waals surface area contributed by atoms with E-state index in [1.807, 2.05) is 13.8 Å². The highest BCUT2D eigenvalue weighted by molar-refractivity contribution is 5.83. The second kappa shape index (κ2) is 7.11. The van der Waals surface area contributed by atoms with Gasteiger partial charge in [0.25, 0.3) is 0 Å². The highest BCUT2D eigenvalue weighted by Crippen LogP contribution is 2.39. The number of aliphatic carboxylic acids is 1. The Balaban J connectivity index is 2.02. The van der Waals surface area contributed by atoms with Gasteiger partial charge in [0, 0.05) is 12.0 Å². The van der Waals surface area contributed by atoms with E-state index in [0.29, 0.717) is 11.5 Å². The number of hydrogen-bond acceptors (Lipinski definition) is 2. The van der Waals surface area contributed by atoms with Crippen LogP contribution in [0.1, 0.15) is 51.0 Å². The summed E-state index contributed by atoms with van der Waals surface area (Å²) in [5.74, 6) is -2.09. The number of carboxylic acids is 1. The van der Waals surface area contributed by atoms with Crippen LogP contribution >= 0.6 is 0 Å². The summed E-state index contributed by atoms with van der Waals surface area (Å²) in [6.45, 7) is 3.86. The van der Waals surface area contributed by atoms with Crippen LogP contribution in [0.5, 0.6) is 0 Å². The summed E-state index contributed by atoms with van der Waals surface area (Å²) in [4.78, 5) is 24.0. The molecule has 23 heavy (non-hydrogen) atoms. The molecule has 0 aromatic heterocycles. The number of carbonyl (C=O) groups excluding carboxylic acids is 1. The van der Waals surface area contributed by atoms with Crippen molar-refractivity contribution in [3.05, 3.63) is 35.6 Å². The molecule has 0 saturated heterocycles. The Kier molecular flexibility index (Phi) is 5.39. The number of nitrogens with one attached hydrogen (secondary N) is 1. The minimum absolute atomic E-state index is 0.00987. The molecular formula is C18H24FNO3. The lowest BCUT2D eigenvalue weighted by Gasteiger charge is -2.30. The van der Waals surface area contributed by atoms with E-state index < -0.39 is 23.1 Å². The lowest BCUT2D eigenvalue weighted by Crippen LogP contribution is -2.43. The van der Waals surface area contributed by atoms with E-state index in [0.717, 1.165) is 25.7 Å². The second-order valence-electron chi connectivity index (χ2n) is 6.86. The molecule has 0 bridgehead atoms. The van der Waals surface area contributed by atoms with Crippen molar-refractivity contribution in [2.45, 2.75) is 45.4 Å². The van der Waals surface area contributed by atoms with Gasteiger partial charge in [0.05, 0.1) is 5.92 Å². The first-order valence-corrected chi connectivity index (χ1v) is 8.09. The van der Waals surface area contributed by atoms with E-state index in [1.54, 1.807) is 0 Å². The predicted octanol–water partition coefficient (Wildman–Crippen LogP) is 3.33. The van der Waals surface area contributed by atoms with E-state index in [9.17, 15) is 19.1 Å². The summed E-state index contributed by atoms with van der Waals surface area (Å²) in [7, 11) is 0.